The molecule has 0 heterocycles. The number of sulfonamides is 1. The fourth-order valence-corrected chi connectivity index (χ4v) is 3.06. The van der Waals surface area contributed by atoms with Crippen molar-refractivity contribution in [3.05, 3.63) is 23.8 Å². The number of nitrogens with two attached hydrogens (primary N) is 1. The van der Waals surface area contributed by atoms with E-state index in [9.17, 15) is 8.42 Å². The highest BCUT2D eigenvalue weighted by Gasteiger charge is 2.20. The summed E-state index contributed by atoms with van der Waals surface area (Å²) in [5.41, 5.74) is 6.71. The van der Waals surface area contributed by atoms with E-state index in [1.54, 1.807) is 19.1 Å². The number of hydrogen-bond donors (Lipinski definition) is 3. The van der Waals surface area contributed by atoms with Crippen molar-refractivity contribution in [1.82, 2.24) is 4.72 Å². The van der Waals surface area contributed by atoms with Crippen LogP contribution >= 0.6 is 0 Å². The van der Waals surface area contributed by atoms with E-state index in [0.717, 1.165) is 0 Å². The maximum Gasteiger partial charge on any atom is 0.241 e. The van der Waals surface area contributed by atoms with Crippen molar-refractivity contribution in [2.45, 2.75) is 31.2 Å². The van der Waals surface area contributed by atoms with Crippen LogP contribution in [0, 0.1) is 0 Å². The minimum Gasteiger partial charge on any atom is -0.399 e. The molecule has 0 aromatic heterocycles. The first-order valence-corrected chi connectivity index (χ1v) is 6.90. The van der Waals surface area contributed by atoms with Crippen LogP contribution in [0.5, 0.6) is 0 Å². The second-order valence-corrected chi connectivity index (χ2v) is 5.61. The fourth-order valence-electron chi connectivity index (χ4n) is 1.48. The molecule has 0 aliphatic rings. The van der Waals surface area contributed by atoms with Gasteiger partial charge in [-0.1, -0.05) is 13.0 Å². The molecule has 5 nitrogen and oxygen atoms in total. The lowest BCUT2D eigenvalue weighted by Gasteiger charge is -2.14. The highest BCUT2D eigenvalue weighted by Crippen LogP contribution is 2.19. The van der Waals surface area contributed by atoms with Gasteiger partial charge in [0.15, 0.2) is 0 Å². The second kappa shape index (κ2) is 5.48. The molecule has 0 saturated carbocycles. The molecule has 0 unspecified atom stereocenters. The van der Waals surface area contributed by atoms with Gasteiger partial charge >= 0.3 is 0 Å². The molecular weight excluding hydrogens is 240 g/mol. The topological polar surface area (TPSA) is 92.4 Å². The van der Waals surface area contributed by atoms with Gasteiger partial charge in [0.1, 0.15) is 0 Å². The van der Waals surface area contributed by atoms with E-state index < -0.39 is 16.1 Å². The maximum absolute atomic E-state index is 12.1. The Morgan fingerprint density at radius 2 is 2.12 bits per heavy atom. The predicted octanol–water partition coefficient (Wildman–Crippen LogP) is 0.490. The largest absolute Gasteiger partial charge is 0.399 e. The summed E-state index contributed by atoms with van der Waals surface area (Å²) in [5, 5.41) is 8.87. The lowest BCUT2D eigenvalue weighted by molar-refractivity contribution is 0.265. The normalized spacial score (nSPS) is 13.6. The molecule has 0 fully saturated rings. The van der Waals surface area contributed by atoms with Crippen LogP contribution in [0.25, 0.3) is 0 Å². The van der Waals surface area contributed by atoms with E-state index in [2.05, 4.69) is 4.72 Å². The minimum atomic E-state index is -3.63. The molecule has 1 rings (SSSR count). The van der Waals surface area contributed by atoms with Crippen molar-refractivity contribution < 1.29 is 13.5 Å². The van der Waals surface area contributed by atoms with Gasteiger partial charge in [-0.15, -0.1) is 0 Å². The number of nitrogen functional groups attached to an aromatic ring is 1. The van der Waals surface area contributed by atoms with Gasteiger partial charge in [-0.25, -0.2) is 13.1 Å². The summed E-state index contributed by atoms with van der Waals surface area (Å²) in [5.74, 6) is 0. The van der Waals surface area contributed by atoms with Crippen LogP contribution in [0.4, 0.5) is 5.69 Å². The SMILES string of the molecule is CCc1ccc(N)cc1S(=O)(=O)N[C@H](C)CO. The summed E-state index contributed by atoms with van der Waals surface area (Å²) in [6, 6.07) is 4.29. The number of aryl methyl sites for hydroxylation is 1. The molecule has 0 aliphatic carbocycles. The average molecular weight is 258 g/mol. The Morgan fingerprint density at radius 3 is 2.65 bits per heavy atom. The molecule has 96 valence electrons. The van der Waals surface area contributed by atoms with Gasteiger partial charge in [-0.3, -0.25) is 0 Å². The Bertz CT molecular complexity index is 485. The number of rotatable bonds is 5. The average Bonchev–Trinajstić information content (AvgIpc) is 2.28. The highest BCUT2D eigenvalue weighted by atomic mass is 32.2. The van der Waals surface area contributed by atoms with Crippen LogP contribution < -0.4 is 10.5 Å². The third-order valence-corrected chi connectivity index (χ3v) is 4.06. The quantitative estimate of drug-likeness (QED) is 0.670. The number of benzene rings is 1. The third-order valence-electron chi connectivity index (χ3n) is 2.39. The summed E-state index contributed by atoms with van der Waals surface area (Å²) < 4.78 is 26.5. The van der Waals surface area contributed by atoms with E-state index >= 15 is 0 Å². The summed E-state index contributed by atoms with van der Waals surface area (Å²) in [6.45, 7) is 3.22. The van der Waals surface area contributed by atoms with Crippen molar-refractivity contribution in [3.8, 4) is 0 Å². The number of aliphatic hydroxyl groups excluding tert-OH is 1. The van der Waals surface area contributed by atoms with Crippen LogP contribution in [-0.2, 0) is 16.4 Å². The van der Waals surface area contributed by atoms with Crippen LogP contribution in [0.1, 0.15) is 19.4 Å². The molecule has 1 aromatic carbocycles. The zero-order valence-electron chi connectivity index (χ0n) is 9.97. The molecular formula is C11H18N2O3S. The zero-order valence-corrected chi connectivity index (χ0v) is 10.8. The molecule has 0 saturated heterocycles. The molecule has 0 radical (unpaired) electrons. The number of anilines is 1. The van der Waals surface area contributed by atoms with Crippen molar-refractivity contribution in [1.29, 1.82) is 0 Å². The Morgan fingerprint density at radius 1 is 1.47 bits per heavy atom. The van der Waals surface area contributed by atoms with Gasteiger partial charge in [0, 0.05) is 11.7 Å². The Balaban J connectivity index is 3.18. The van der Waals surface area contributed by atoms with Gasteiger partial charge < -0.3 is 10.8 Å². The summed E-state index contributed by atoms with van der Waals surface area (Å²) in [7, 11) is -3.63. The van der Waals surface area contributed by atoms with Gasteiger partial charge in [0.2, 0.25) is 10.0 Å². The first-order chi connectivity index (χ1) is 7.90. The third kappa shape index (κ3) is 3.42. The second-order valence-electron chi connectivity index (χ2n) is 3.93. The van der Waals surface area contributed by atoms with E-state index in [-0.39, 0.29) is 11.5 Å². The Labute approximate surface area is 102 Å². The highest BCUT2D eigenvalue weighted by molar-refractivity contribution is 7.89. The number of aliphatic hydroxyl groups is 1. The Hall–Kier alpha value is -1.11. The minimum absolute atomic E-state index is 0.181. The molecule has 0 spiro atoms. The first-order valence-electron chi connectivity index (χ1n) is 5.42. The molecule has 0 bridgehead atoms. The summed E-state index contributed by atoms with van der Waals surface area (Å²) in [4.78, 5) is 0.181. The van der Waals surface area contributed by atoms with Crippen molar-refractivity contribution in [3.63, 3.8) is 0 Å². The summed E-state index contributed by atoms with van der Waals surface area (Å²) >= 11 is 0. The molecule has 1 atom stereocenters. The number of hydrogen-bond acceptors (Lipinski definition) is 4. The van der Waals surface area contributed by atoms with Crippen molar-refractivity contribution in [2.75, 3.05) is 12.3 Å². The smallest absolute Gasteiger partial charge is 0.241 e. The molecule has 0 aliphatic heterocycles. The van der Waals surface area contributed by atoms with Crippen LogP contribution in [0.2, 0.25) is 0 Å². The van der Waals surface area contributed by atoms with E-state index in [1.807, 2.05) is 6.92 Å². The molecule has 4 N–H and O–H groups in total. The lowest BCUT2D eigenvalue weighted by Crippen LogP contribution is -2.35. The molecule has 0 amide bonds. The van der Waals surface area contributed by atoms with Crippen molar-refractivity contribution >= 4 is 15.7 Å². The van der Waals surface area contributed by atoms with Crippen molar-refractivity contribution in [2.24, 2.45) is 0 Å². The van der Waals surface area contributed by atoms with E-state index in [1.165, 1.54) is 6.07 Å². The van der Waals surface area contributed by atoms with Gasteiger partial charge in [0.05, 0.1) is 11.5 Å². The molecule has 1 aromatic rings. The predicted molar refractivity (Wildman–Crippen MR) is 67.1 cm³/mol. The van der Waals surface area contributed by atoms with Crippen LogP contribution in [0.3, 0.4) is 0 Å². The van der Waals surface area contributed by atoms with Gasteiger partial charge in [-0.05, 0) is 31.0 Å². The van der Waals surface area contributed by atoms with E-state index in [0.29, 0.717) is 17.7 Å². The van der Waals surface area contributed by atoms with Crippen LogP contribution in [-0.4, -0.2) is 26.2 Å². The molecule has 6 heteroatoms. The number of nitrogens with one attached hydrogen (secondary N) is 1. The van der Waals surface area contributed by atoms with Gasteiger partial charge in [0.25, 0.3) is 0 Å². The first kappa shape index (κ1) is 14.0. The Kier molecular flexibility index (Phi) is 4.50. The zero-order chi connectivity index (χ0) is 13.1. The fraction of sp³-hybridized carbons (Fsp3) is 0.455. The maximum atomic E-state index is 12.1. The standard InChI is InChI=1S/C11H18N2O3S/c1-3-9-4-5-10(12)6-11(9)17(15,16)13-8(2)7-14/h4-6,8,13-14H,3,7,12H2,1-2H3/t8-/m1/s1. The van der Waals surface area contributed by atoms with Crippen LogP contribution in [0.15, 0.2) is 23.1 Å². The lowest BCUT2D eigenvalue weighted by atomic mass is 10.1. The molecule has 17 heavy (non-hydrogen) atoms. The summed E-state index contributed by atoms with van der Waals surface area (Å²) in [6.07, 6.45) is 0.601. The van der Waals surface area contributed by atoms with E-state index in [4.69, 9.17) is 10.8 Å². The van der Waals surface area contributed by atoms with Gasteiger partial charge in [-0.2, -0.15) is 0 Å². The monoisotopic (exact) mass is 258 g/mol.